The smallest absolute Gasteiger partial charge is 0.333 e. The Hall–Kier alpha value is -0.880. The van der Waals surface area contributed by atoms with Gasteiger partial charge in [0.05, 0.1) is 12.9 Å². The first-order valence-electron chi connectivity index (χ1n) is 3.57. The van der Waals surface area contributed by atoms with Gasteiger partial charge >= 0.3 is 5.97 Å². The maximum absolute atomic E-state index is 10.8. The van der Waals surface area contributed by atoms with Gasteiger partial charge in [-0.05, 0) is 13.3 Å². The van der Waals surface area contributed by atoms with Crippen LogP contribution in [0.1, 0.15) is 13.3 Å². The number of hydrogen-bond acceptors (Lipinski definition) is 4. The van der Waals surface area contributed by atoms with E-state index in [1.54, 1.807) is 0 Å². The van der Waals surface area contributed by atoms with Crippen molar-refractivity contribution in [2.45, 2.75) is 13.3 Å². The van der Waals surface area contributed by atoms with Crippen molar-refractivity contribution >= 4 is 16.1 Å². The monoisotopic (exact) mass is 208 g/mol. The third-order valence-electron chi connectivity index (χ3n) is 1.33. The van der Waals surface area contributed by atoms with Gasteiger partial charge in [-0.2, -0.15) is 8.42 Å². The lowest BCUT2D eigenvalue weighted by Crippen LogP contribution is -2.05. The summed E-state index contributed by atoms with van der Waals surface area (Å²) in [7, 11) is -2.71. The molecular formula is C7H12O5S. The number of hydrogen-bond donors (Lipinski definition) is 1. The molecule has 0 spiro atoms. The van der Waals surface area contributed by atoms with Crippen LogP contribution in [0.3, 0.4) is 0 Å². The van der Waals surface area contributed by atoms with Gasteiger partial charge in [0.1, 0.15) is 0 Å². The van der Waals surface area contributed by atoms with Crippen molar-refractivity contribution in [3.8, 4) is 0 Å². The molecule has 5 nitrogen and oxygen atoms in total. The van der Waals surface area contributed by atoms with E-state index >= 15 is 0 Å². The highest BCUT2D eigenvalue weighted by atomic mass is 32.2. The molecule has 0 fully saturated rings. The van der Waals surface area contributed by atoms with Gasteiger partial charge in [0.15, 0.2) is 0 Å². The summed E-state index contributed by atoms with van der Waals surface area (Å²) in [5.41, 5.74) is 0.325. The van der Waals surface area contributed by atoms with Crippen molar-refractivity contribution in [3.05, 3.63) is 11.6 Å². The first kappa shape index (κ1) is 12.1. The van der Waals surface area contributed by atoms with Gasteiger partial charge in [0.2, 0.25) is 0 Å². The van der Waals surface area contributed by atoms with Crippen molar-refractivity contribution in [1.82, 2.24) is 0 Å². The lowest BCUT2D eigenvalue weighted by atomic mass is 10.2. The number of ether oxygens (including phenoxy) is 1. The lowest BCUT2D eigenvalue weighted by molar-refractivity contribution is -0.136. The summed E-state index contributed by atoms with van der Waals surface area (Å²) in [6.45, 7) is 1.51. The van der Waals surface area contributed by atoms with E-state index in [1.807, 2.05) is 0 Å². The number of carbonyl (C=O) groups is 1. The van der Waals surface area contributed by atoms with Crippen LogP contribution in [0.2, 0.25) is 0 Å². The molecule has 0 rings (SSSR count). The minimum Gasteiger partial charge on any atom is -0.466 e. The van der Waals surface area contributed by atoms with E-state index in [0.29, 0.717) is 5.57 Å². The summed E-state index contributed by atoms with van der Waals surface area (Å²) < 4.78 is 33.3. The van der Waals surface area contributed by atoms with Gasteiger partial charge in [0, 0.05) is 5.57 Å². The fourth-order valence-electron chi connectivity index (χ4n) is 0.669. The van der Waals surface area contributed by atoms with Gasteiger partial charge in [-0.15, -0.1) is 0 Å². The molecule has 1 N–H and O–H groups in total. The van der Waals surface area contributed by atoms with Gasteiger partial charge in [-0.25, -0.2) is 4.79 Å². The fraction of sp³-hybridized carbons (Fsp3) is 0.571. The predicted octanol–water partition coefficient (Wildman–Crippen LogP) is 0.384. The van der Waals surface area contributed by atoms with Crippen molar-refractivity contribution < 1.29 is 22.5 Å². The summed E-state index contributed by atoms with van der Waals surface area (Å²) in [5.74, 6) is -0.892. The minimum atomic E-state index is -3.95. The van der Waals surface area contributed by atoms with Crippen molar-refractivity contribution in [3.63, 3.8) is 0 Å². The van der Waals surface area contributed by atoms with Crippen LogP contribution >= 0.6 is 0 Å². The summed E-state index contributed by atoms with van der Waals surface area (Å²) >= 11 is 0. The van der Waals surface area contributed by atoms with Crippen LogP contribution in [0.15, 0.2) is 11.6 Å². The Morgan fingerprint density at radius 3 is 2.46 bits per heavy atom. The molecule has 0 aliphatic heterocycles. The number of methoxy groups -OCH3 is 1. The third kappa shape index (κ3) is 6.30. The highest BCUT2D eigenvalue weighted by Crippen LogP contribution is 1.99. The molecule has 0 unspecified atom stereocenters. The second kappa shape index (κ2) is 4.98. The quantitative estimate of drug-likeness (QED) is 0.410. The zero-order valence-corrected chi connectivity index (χ0v) is 8.30. The van der Waals surface area contributed by atoms with Crippen molar-refractivity contribution in [2.75, 3.05) is 12.9 Å². The topological polar surface area (TPSA) is 80.7 Å². The van der Waals surface area contributed by atoms with Crippen LogP contribution in [0.25, 0.3) is 0 Å². The molecule has 0 amide bonds. The van der Waals surface area contributed by atoms with E-state index in [4.69, 9.17) is 4.55 Å². The number of allylic oxidation sites excluding steroid dienone is 1. The Bertz CT molecular complexity index is 301. The molecule has 76 valence electrons. The molecule has 0 saturated carbocycles. The highest BCUT2D eigenvalue weighted by Gasteiger charge is 2.05. The standard InChI is InChI=1S/C7H12O5S/c1-6(7(8)12-2)4-3-5-13(9,10)11/h4H,3,5H2,1-2H3,(H,9,10,11)/b6-4+. The zero-order chi connectivity index (χ0) is 10.5. The summed E-state index contributed by atoms with van der Waals surface area (Å²) in [4.78, 5) is 10.8. The fourth-order valence-corrected chi connectivity index (χ4v) is 1.08. The predicted molar refractivity (Wildman–Crippen MR) is 46.8 cm³/mol. The first-order valence-corrected chi connectivity index (χ1v) is 5.18. The molecule has 0 radical (unpaired) electrons. The molecule has 0 aromatic rings. The third-order valence-corrected chi connectivity index (χ3v) is 2.09. The van der Waals surface area contributed by atoms with E-state index in [9.17, 15) is 13.2 Å². The molecule has 0 saturated heterocycles. The van der Waals surface area contributed by atoms with Gasteiger partial charge in [-0.3, -0.25) is 4.55 Å². The van der Waals surface area contributed by atoms with Crippen molar-refractivity contribution in [2.24, 2.45) is 0 Å². The molecule has 0 bridgehead atoms. The van der Waals surface area contributed by atoms with E-state index in [0.717, 1.165) is 0 Å². The molecule has 0 atom stereocenters. The van der Waals surface area contributed by atoms with E-state index in [2.05, 4.69) is 4.74 Å². The molecular weight excluding hydrogens is 196 g/mol. The molecule has 0 aliphatic rings. The molecule has 6 heteroatoms. The summed E-state index contributed by atoms with van der Waals surface area (Å²) in [5, 5.41) is 0. The molecule has 0 aromatic heterocycles. The van der Waals surface area contributed by atoms with E-state index in [-0.39, 0.29) is 12.2 Å². The second-order valence-corrected chi connectivity index (χ2v) is 4.03. The van der Waals surface area contributed by atoms with Gasteiger partial charge in [-0.1, -0.05) is 6.08 Å². The highest BCUT2D eigenvalue weighted by molar-refractivity contribution is 7.85. The first-order chi connectivity index (χ1) is 5.87. The Morgan fingerprint density at radius 1 is 1.54 bits per heavy atom. The van der Waals surface area contributed by atoms with E-state index < -0.39 is 16.1 Å². The average Bonchev–Trinajstić information content (AvgIpc) is 2.00. The lowest BCUT2D eigenvalue weighted by Gasteiger charge is -1.97. The number of carbonyl (C=O) groups excluding carboxylic acids is 1. The Balaban J connectivity index is 4.07. The number of rotatable bonds is 4. The maximum atomic E-state index is 10.8. The van der Waals surface area contributed by atoms with Crippen LogP contribution in [-0.4, -0.2) is 31.8 Å². The summed E-state index contributed by atoms with van der Waals surface area (Å²) in [6.07, 6.45) is 1.50. The maximum Gasteiger partial charge on any atom is 0.333 e. The molecule has 0 aromatic carbocycles. The second-order valence-electron chi connectivity index (χ2n) is 2.45. The minimum absolute atomic E-state index is 0.0970. The molecule has 0 heterocycles. The number of esters is 1. The Morgan fingerprint density at radius 2 is 2.08 bits per heavy atom. The molecule has 0 aliphatic carbocycles. The van der Waals surface area contributed by atoms with Crippen LogP contribution in [0.4, 0.5) is 0 Å². The van der Waals surface area contributed by atoms with Crippen molar-refractivity contribution in [1.29, 1.82) is 0 Å². The van der Waals surface area contributed by atoms with Gasteiger partial charge < -0.3 is 4.74 Å². The van der Waals surface area contributed by atoms with Gasteiger partial charge in [0.25, 0.3) is 10.1 Å². The molecule has 13 heavy (non-hydrogen) atoms. The SMILES string of the molecule is COC(=O)/C(C)=C/CCS(=O)(=O)O. The zero-order valence-electron chi connectivity index (χ0n) is 7.48. The Kier molecular flexibility index (Phi) is 4.64. The van der Waals surface area contributed by atoms with E-state index in [1.165, 1.54) is 20.1 Å². The Labute approximate surface area is 77.1 Å². The van der Waals surface area contributed by atoms with Crippen LogP contribution < -0.4 is 0 Å². The largest absolute Gasteiger partial charge is 0.466 e. The normalized spacial score (nSPS) is 12.7. The summed E-state index contributed by atoms with van der Waals surface area (Å²) in [6, 6.07) is 0. The van der Waals surface area contributed by atoms with Crippen LogP contribution in [0.5, 0.6) is 0 Å². The van der Waals surface area contributed by atoms with Crippen LogP contribution in [0, 0.1) is 0 Å². The van der Waals surface area contributed by atoms with Crippen LogP contribution in [-0.2, 0) is 19.6 Å². The average molecular weight is 208 g/mol.